The molecule has 1 aliphatic rings. The molecule has 0 unspecified atom stereocenters. The van der Waals surface area contributed by atoms with Crippen molar-refractivity contribution in [3.05, 3.63) is 193 Å². The van der Waals surface area contributed by atoms with E-state index in [2.05, 4.69) is 190 Å². The van der Waals surface area contributed by atoms with Crippen LogP contribution < -0.4 is 0 Å². The first-order chi connectivity index (χ1) is 27.5. The van der Waals surface area contributed by atoms with Crippen LogP contribution in [0, 0.1) is 0 Å². The maximum atomic E-state index is 5.25. The van der Waals surface area contributed by atoms with Crippen LogP contribution in [-0.4, -0.2) is 9.97 Å². The minimum atomic E-state index is -0.0699. The summed E-state index contributed by atoms with van der Waals surface area (Å²) >= 11 is 1.84. The molecule has 0 bridgehead atoms. The summed E-state index contributed by atoms with van der Waals surface area (Å²) in [6, 6.07) is 65.9. The van der Waals surface area contributed by atoms with E-state index in [4.69, 9.17) is 9.97 Å². The first kappa shape index (κ1) is 32.7. The Balaban J connectivity index is 1.02. The molecule has 10 aromatic rings. The maximum Gasteiger partial charge on any atom is 0.160 e. The normalized spacial score (nSPS) is 13.0. The monoisotopic (exact) mass is 732 g/mol. The van der Waals surface area contributed by atoms with Gasteiger partial charge in [0.1, 0.15) is 0 Å². The molecule has 264 valence electrons. The fraction of sp³-hybridized carbons (Fsp3) is 0.0566. The highest BCUT2D eigenvalue weighted by Crippen LogP contribution is 2.52. The molecule has 0 spiro atoms. The minimum absolute atomic E-state index is 0.0699. The Hall–Kier alpha value is -6.68. The Bertz CT molecular complexity index is 3150. The van der Waals surface area contributed by atoms with E-state index in [0.29, 0.717) is 0 Å². The van der Waals surface area contributed by atoms with E-state index in [1.165, 1.54) is 70.1 Å². The lowest BCUT2D eigenvalue weighted by molar-refractivity contribution is 0.662. The quantitative estimate of drug-likeness (QED) is 0.176. The second-order valence-corrected chi connectivity index (χ2v) is 16.4. The van der Waals surface area contributed by atoms with Gasteiger partial charge in [0.15, 0.2) is 5.82 Å². The first-order valence-electron chi connectivity index (χ1n) is 19.2. The molecule has 0 saturated heterocycles. The smallest absolute Gasteiger partial charge is 0.160 e. The van der Waals surface area contributed by atoms with E-state index in [1.807, 2.05) is 17.4 Å². The van der Waals surface area contributed by atoms with Crippen LogP contribution in [0.25, 0.3) is 98.2 Å². The zero-order chi connectivity index (χ0) is 37.4. The highest BCUT2D eigenvalue weighted by Gasteiger charge is 2.37. The van der Waals surface area contributed by atoms with Gasteiger partial charge in [-0.3, -0.25) is 0 Å². The Morgan fingerprint density at radius 2 is 0.964 bits per heavy atom. The molecule has 56 heavy (non-hydrogen) atoms. The molecule has 1 aliphatic carbocycles. The number of aromatic nitrogens is 2. The average molecular weight is 733 g/mol. The summed E-state index contributed by atoms with van der Waals surface area (Å²) in [7, 11) is 0. The van der Waals surface area contributed by atoms with Gasteiger partial charge in [-0.1, -0.05) is 172 Å². The number of benzene rings is 8. The third-order valence-electron chi connectivity index (χ3n) is 11.7. The van der Waals surface area contributed by atoms with Gasteiger partial charge in [0, 0.05) is 42.3 Å². The van der Waals surface area contributed by atoms with Crippen LogP contribution in [0.3, 0.4) is 0 Å². The van der Waals surface area contributed by atoms with Crippen molar-refractivity contribution in [2.24, 2.45) is 0 Å². The van der Waals surface area contributed by atoms with Gasteiger partial charge < -0.3 is 0 Å². The van der Waals surface area contributed by atoms with Crippen molar-refractivity contribution in [1.82, 2.24) is 9.97 Å². The van der Waals surface area contributed by atoms with Gasteiger partial charge in [0.05, 0.1) is 11.4 Å². The number of nitrogens with zero attached hydrogens (tertiary/aromatic N) is 2. The van der Waals surface area contributed by atoms with Crippen LogP contribution in [0.15, 0.2) is 182 Å². The van der Waals surface area contributed by atoms with E-state index in [1.54, 1.807) is 0 Å². The van der Waals surface area contributed by atoms with E-state index >= 15 is 0 Å². The molecule has 0 fully saturated rings. The molecule has 2 nitrogen and oxygen atoms in total. The molecule has 0 N–H and O–H groups in total. The average Bonchev–Trinajstić information content (AvgIpc) is 3.75. The van der Waals surface area contributed by atoms with Crippen LogP contribution >= 0.6 is 11.3 Å². The summed E-state index contributed by atoms with van der Waals surface area (Å²) in [6.07, 6.45) is 0. The number of thiophene rings is 1. The Morgan fingerprint density at radius 3 is 1.79 bits per heavy atom. The van der Waals surface area contributed by atoms with Gasteiger partial charge in [0.25, 0.3) is 0 Å². The van der Waals surface area contributed by atoms with E-state index < -0.39 is 0 Å². The Morgan fingerprint density at radius 1 is 0.375 bits per heavy atom. The van der Waals surface area contributed by atoms with E-state index in [9.17, 15) is 0 Å². The fourth-order valence-electron chi connectivity index (χ4n) is 9.03. The molecule has 0 radical (unpaired) electrons. The zero-order valence-electron chi connectivity index (χ0n) is 31.1. The summed E-state index contributed by atoms with van der Waals surface area (Å²) in [4.78, 5) is 10.4. The maximum absolute atomic E-state index is 5.25. The third-order valence-corrected chi connectivity index (χ3v) is 12.9. The second-order valence-electron chi connectivity index (χ2n) is 15.3. The number of hydrogen-bond acceptors (Lipinski definition) is 3. The highest BCUT2D eigenvalue weighted by atomic mass is 32.1. The Kier molecular flexibility index (Phi) is 7.42. The third kappa shape index (κ3) is 5.16. The van der Waals surface area contributed by atoms with Gasteiger partial charge in [0.2, 0.25) is 0 Å². The van der Waals surface area contributed by atoms with Crippen molar-refractivity contribution in [2.75, 3.05) is 0 Å². The summed E-state index contributed by atoms with van der Waals surface area (Å²) in [6.45, 7) is 4.72. The minimum Gasteiger partial charge on any atom is -0.228 e. The van der Waals surface area contributed by atoms with Gasteiger partial charge in [-0.15, -0.1) is 11.3 Å². The number of hydrogen-bond donors (Lipinski definition) is 0. The topological polar surface area (TPSA) is 25.8 Å². The first-order valence-corrected chi connectivity index (χ1v) is 20.1. The van der Waals surface area contributed by atoms with Crippen molar-refractivity contribution in [1.29, 1.82) is 0 Å². The molecule has 0 saturated carbocycles. The van der Waals surface area contributed by atoms with Crippen LogP contribution in [0.2, 0.25) is 0 Å². The predicted octanol–water partition coefficient (Wildman–Crippen LogP) is 14.6. The zero-order valence-corrected chi connectivity index (χ0v) is 31.9. The summed E-state index contributed by atoms with van der Waals surface area (Å²) < 4.78 is 2.58. The Labute approximate surface area is 330 Å². The number of fused-ring (bicyclic) bond motifs is 7. The molecular formula is C53H36N2S. The molecule has 3 heteroatoms. The molecule has 2 heterocycles. The van der Waals surface area contributed by atoms with E-state index in [0.717, 1.165) is 39.3 Å². The van der Waals surface area contributed by atoms with Crippen molar-refractivity contribution in [2.45, 2.75) is 19.3 Å². The fourth-order valence-corrected chi connectivity index (χ4v) is 10.1. The second kappa shape index (κ2) is 12.7. The molecule has 8 aromatic carbocycles. The highest BCUT2D eigenvalue weighted by molar-refractivity contribution is 7.25. The standard InChI is InChI=1S/C53H36N2S/c1-53(2)46-21-10-8-17-41(46)44-20-12-19-38(51(44)53)34-25-23-33(24-26-34)37-28-29-42(40-16-7-6-15-39(37)40)48-32-47(54-52(55-48)35-13-4-3-5-14-35)36-27-30-50-45(31-36)43-18-9-11-22-49(43)56-50/h3-32H,1-2H3. The summed E-state index contributed by atoms with van der Waals surface area (Å²) in [5, 5.41) is 4.90. The van der Waals surface area contributed by atoms with Crippen LogP contribution in [0.5, 0.6) is 0 Å². The SMILES string of the molecule is CC1(C)c2ccccc2-c2cccc(-c3ccc(-c4ccc(-c5cc(-c6ccc7sc8ccccc8c7c6)nc(-c6ccccc6)n5)c5ccccc45)cc3)c21. The van der Waals surface area contributed by atoms with E-state index in [-0.39, 0.29) is 5.41 Å². The van der Waals surface area contributed by atoms with Crippen molar-refractivity contribution in [3.63, 3.8) is 0 Å². The summed E-state index contributed by atoms with van der Waals surface area (Å²) in [5.41, 5.74) is 15.3. The van der Waals surface area contributed by atoms with Gasteiger partial charge >= 0.3 is 0 Å². The van der Waals surface area contributed by atoms with Gasteiger partial charge in [-0.2, -0.15) is 0 Å². The lowest BCUT2D eigenvalue weighted by atomic mass is 9.79. The van der Waals surface area contributed by atoms with Crippen molar-refractivity contribution < 1.29 is 0 Å². The van der Waals surface area contributed by atoms with Crippen LogP contribution in [0.4, 0.5) is 0 Å². The van der Waals surface area contributed by atoms with Gasteiger partial charge in [-0.25, -0.2) is 9.97 Å². The number of rotatable bonds is 5. The lowest BCUT2D eigenvalue weighted by Crippen LogP contribution is -2.16. The lowest BCUT2D eigenvalue weighted by Gasteiger charge is -2.24. The van der Waals surface area contributed by atoms with Crippen LogP contribution in [0.1, 0.15) is 25.0 Å². The molecule has 11 rings (SSSR count). The van der Waals surface area contributed by atoms with Crippen molar-refractivity contribution >= 4 is 42.3 Å². The molecule has 0 atom stereocenters. The molecule has 0 aliphatic heterocycles. The van der Waals surface area contributed by atoms with Gasteiger partial charge in [-0.05, 0) is 79.5 Å². The largest absolute Gasteiger partial charge is 0.228 e. The van der Waals surface area contributed by atoms with Crippen LogP contribution in [-0.2, 0) is 5.41 Å². The predicted molar refractivity (Wildman–Crippen MR) is 237 cm³/mol. The summed E-state index contributed by atoms with van der Waals surface area (Å²) in [5.74, 6) is 0.718. The molecule has 0 amide bonds. The molecule has 2 aromatic heterocycles. The molecular weight excluding hydrogens is 697 g/mol. The van der Waals surface area contributed by atoms with Crippen molar-refractivity contribution in [3.8, 4) is 67.3 Å².